The molecule has 0 aliphatic carbocycles. The molecule has 0 aliphatic heterocycles. The van der Waals surface area contributed by atoms with Gasteiger partial charge >= 0.3 is 0 Å². The van der Waals surface area contributed by atoms with Gasteiger partial charge in [-0.1, -0.05) is 67.9 Å². The molecule has 0 atom stereocenters. The molecule has 0 saturated carbocycles. The van der Waals surface area contributed by atoms with Gasteiger partial charge in [-0.25, -0.2) is 4.98 Å². The SMILES string of the molecule is CCCc1ccc(Oc2nc(N)nc(-c3ccccc3)c2C(=O)Nc2c(C)cccc2C)c(OC)c1. The number of nitrogens with two attached hydrogens (primary N) is 1. The highest BCUT2D eigenvalue weighted by atomic mass is 16.5. The Bertz CT molecular complexity index is 1370. The summed E-state index contributed by atoms with van der Waals surface area (Å²) >= 11 is 0. The second-order valence-corrected chi connectivity index (χ2v) is 8.53. The molecule has 0 fully saturated rings. The average molecular weight is 483 g/mol. The van der Waals surface area contributed by atoms with Crippen LogP contribution in [-0.2, 0) is 6.42 Å². The standard InChI is InChI=1S/C29H30N4O3/c1-5-10-20-15-16-22(23(17-20)35-4)36-28-24(27(34)31-25-18(2)11-9-12-19(25)3)26(32-29(30)33-28)21-13-7-6-8-14-21/h6-9,11-17H,5,10H2,1-4H3,(H,31,34)(H2,30,32,33). The van der Waals surface area contributed by atoms with Gasteiger partial charge in [0.1, 0.15) is 5.56 Å². The molecular weight excluding hydrogens is 452 g/mol. The van der Waals surface area contributed by atoms with Crippen LogP contribution in [0, 0.1) is 13.8 Å². The molecule has 0 bridgehead atoms. The number of carbonyl (C=O) groups excluding carboxylic acids is 1. The number of nitrogens with one attached hydrogen (secondary N) is 1. The van der Waals surface area contributed by atoms with E-state index in [1.54, 1.807) is 7.11 Å². The summed E-state index contributed by atoms with van der Waals surface area (Å²) in [5.74, 6) is 0.611. The first-order valence-corrected chi connectivity index (χ1v) is 11.9. The maximum atomic E-state index is 13.8. The smallest absolute Gasteiger partial charge is 0.263 e. The molecule has 3 N–H and O–H groups in total. The minimum Gasteiger partial charge on any atom is -0.493 e. The molecule has 0 unspecified atom stereocenters. The zero-order valence-corrected chi connectivity index (χ0v) is 21.0. The molecule has 0 saturated heterocycles. The van der Waals surface area contributed by atoms with Crippen LogP contribution in [0.5, 0.6) is 17.4 Å². The second kappa shape index (κ2) is 10.9. The lowest BCUT2D eigenvalue weighted by Gasteiger charge is -2.18. The van der Waals surface area contributed by atoms with Crippen molar-refractivity contribution < 1.29 is 14.3 Å². The molecule has 184 valence electrons. The normalized spacial score (nSPS) is 10.7. The summed E-state index contributed by atoms with van der Waals surface area (Å²) in [6.45, 7) is 6.01. The first-order valence-electron chi connectivity index (χ1n) is 11.9. The molecule has 4 aromatic rings. The van der Waals surface area contributed by atoms with Crippen LogP contribution < -0.4 is 20.5 Å². The third-order valence-corrected chi connectivity index (χ3v) is 5.86. The molecule has 4 rings (SSSR count). The zero-order valence-electron chi connectivity index (χ0n) is 21.0. The van der Waals surface area contributed by atoms with E-state index in [1.165, 1.54) is 0 Å². The predicted molar refractivity (Wildman–Crippen MR) is 143 cm³/mol. The number of carbonyl (C=O) groups is 1. The molecule has 1 amide bonds. The minimum absolute atomic E-state index is 0.00551. The first kappa shape index (κ1) is 24.7. The summed E-state index contributed by atoms with van der Waals surface area (Å²) in [6.07, 6.45) is 1.92. The van der Waals surface area contributed by atoms with Crippen molar-refractivity contribution in [3.63, 3.8) is 0 Å². The number of ether oxygens (including phenoxy) is 2. The van der Waals surface area contributed by atoms with Crippen molar-refractivity contribution in [1.29, 1.82) is 0 Å². The maximum Gasteiger partial charge on any atom is 0.263 e. The summed E-state index contributed by atoms with van der Waals surface area (Å²) in [7, 11) is 1.58. The van der Waals surface area contributed by atoms with E-state index in [2.05, 4.69) is 22.2 Å². The van der Waals surface area contributed by atoms with Crippen LogP contribution in [0.4, 0.5) is 11.6 Å². The number of aryl methyl sites for hydroxylation is 3. The van der Waals surface area contributed by atoms with Crippen LogP contribution >= 0.6 is 0 Å². The average Bonchev–Trinajstić information content (AvgIpc) is 2.87. The summed E-state index contributed by atoms with van der Waals surface area (Å²) < 4.78 is 11.8. The summed E-state index contributed by atoms with van der Waals surface area (Å²) in [6, 6.07) is 20.9. The van der Waals surface area contributed by atoms with Gasteiger partial charge in [0.2, 0.25) is 11.8 Å². The largest absolute Gasteiger partial charge is 0.493 e. The van der Waals surface area contributed by atoms with E-state index >= 15 is 0 Å². The number of methoxy groups -OCH3 is 1. The van der Waals surface area contributed by atoms with Crippen molar-refractivity contribution in [2.45, 2.75) is 33.6 Å². The van der Waals surface area contributed by atoms with E-state index < -0.39 is 5.91 Å². The number of rotatable bonds is 8. The number of nitrogens with zero attached hydrogens (tertiary/aromatic N) is 2. The van der Waals surface area contributed by atoms with Crippen LogP contribution in [0.1, 0.15) is 40.4 Å². The van der Waals surface area contributed by atoms with Gasteiger partial charge in [0.25, 0.3) is 5.91 Å². The number of aromatic nitrogens is 2. The van der Waals surface area contributed by atoms with Crippen molar-refractivity contribution in [3.8, 4) is 28.6 Å². The molecule has 7 heteroatoms. The van der Waals surface area contributed by atoms with Gasteiger partial charge in [-0.3, -0.25) is 4.79 Å². The Morgan fingerprint density at radius 3 is 2.33 bits per heavy atom. The number of benzene rings is 3. The highest BCUT2D eigenvalue weighted by Crippen LogP contribution is 2.37. The molecule has 0 spiro atoms. The highest BCUT2D eigenvalue weighted by molar-refractivity contribution is 6.10. The van der Waals surface area contributed by atoms with Crippen LogP contribution in [-0.4, -0.2) is 23.0 Å². The number of amides is 1. The van der Waals surface area contributed by atoms with E-state index in [4.69, 9.17) is 15.2 Å². The molecule has 7 nitrogen and oxygen atoms in total. The van der Waals surface area contributed by atoms with E-state index in [-0.39, 0.29) is 17.4 Å². The number of para-hydroxylation sites is 1. The lowest BCUT2D eigenvalue weighted by molar-refractivity contribution is 0.102. The van der Waals surface area contributed by atoms with E-state index in [1.807, 2.05) is 80.6 Å². The van der Waals surface area contributed by atoms with Gasteiger partial charge in [0, 0.05) is 11.3 Å². The van der Waals surface area contributed by atoms with E-state index in [0.717, 1.165) is 35.2 Å². The second-order valence-electron chi connectivity index (χ2n) is 8.53. The Morgan fingerprint density at radius 2 is 1.67 bits per heavy atom. The van der Waals surface area contributed by atoms with Crippen molar-refractivity contribution >= 4 is 17.5 Å². The van der Waals surface area contributed by atoms with Crippen LogP contribution in [0.25, 0.3) is 11.3 Å². The maximum absolute atomic E-state index is 13.8. The van der Waals surface area contributed by atoms with Gasteiger partial charge in [0.05, 0.1) is 12.8 Å². The Balaban J connectivity index is 1.85. The summed E-state index contributed by atoms with van der Waals surface area (Å²) in [5, 5.41) is 3.03. The molecule has 0 aliphatic rings. The molecule has 1 heterocycles. The molecule has 1 aromatic heterocycles. The zero-order chi connectivity index (χ0) is 25.7. The third-order valence-electron chi connectivity index (χ3n) is 5.86. The van der Waals surface area contributed by atoms with Crippen LogP contribution in [0.2, 0.25) is 0 Å². The quantitative estimate of drug-likeness (QED) is 0.304. The lowest BCUT2D eigenvalue weighted by atomic mass is 10.0. The number of anilines is 2. The molecule has 3 aromatic carbocycles. The predicted octanol–water partition coefficient (Wildman–Crippen LogP) is 6.35. The van der Waals surface area contributed by atoms with Crippen LogP contribution in [0.3, 0.4) is 0 Å². The van der Waals surface area contributed by atoms with Crippen molar-refractivity contribution in [3.05, 3.63) is 89.0 Å². The van der Waals surface area contributed by atoms with E-state index in [9.17, 15) is 4.79 Å². The number of nitrogen functional groups attached to an aromatic ring is 1. The van der Waals surface area contributed by atoms with Gasteiger partial charge in [-0.15, -0.1) is 0 Å². The van der Waals surface area contributed by atoms with Gasteiger partial charge in [0.15, 0.2) is 11.5 Å². The molecule has 0 radical (unpaired) electrons. The minimum atomic E-state index is -0.400. The Morgan fingerprint density at radius 1 is 0.944 bits per heavy atom. The Kier molecular flexibility index (Phi) is 7.49. The van der Waals surface area contributed by atoms with Gasteiger partial charge in [-0.05, 0) is 49.1 Å². The van der Waals surface area contributed by atoms with E-state index in [0.29, 0.717) is 22.8 Å². The van der Waals surface area contributed by atoms with Crippen molar-refractivity contribution in [1.82, 2.24) is 9.97 Å². The fraction of sp³-hybridized carbons (Fsp3) is 0.207. The number of hydrogen-bond donors (Lipinski definition) is 2. The summed E-state index contributed by atoms with van der Waals surface area (Å²) in [5.41, 5.74) is 11.1. The van der Waals surface area contributed by atoms with Crippen molar-refractivity contribution in [2.24, 2.45) is 0 Å². The molecule has 36 heavy (non-hydrogen) atoms. The fourth-order valence-corrected chi connectivity index (χ4v) is 4.07. The third kappa shape index (κ3) is 5.30. The number of hydrogen-bond acceptors (Lipinski definition) is 6. The van der Waals surface area contributed by atoms with Crippen molar-refractivity contribution in [2.75, 3.05) is 18.2 Å². The van der Waals surface area contributed by atoms with Gasteiger partial charge in [-0.2, -0.15) is 4.98 Å². The fourth-order valence-electron chi connectivity index (χ4n) is 4.07. The Labute approximate surface area is 211 Å². The van der Waals surface area contributed by atoms with Gasteiger partial charge < -0.3 is 20.5 Å². The van der Waals surface area contributed by atoms with Crippen LogP contribution in [0.15, 0.2) is 66.7 Å². The summed E-state index contributed by atoms with van der Waals surface area (Å²) in [4.78, 5) is 22.5. The lowest BCUT2D eigenvalue weighted by Crippen LogP contribution is -2.18. The monoisotopic (exact) mass is 482 g/mol. The highest BCUT2D eigenvalue weighted by Gasteiger charge is 2.25. The first-order chi connectivity index (χ1) is 17.4. The Hall–Kier alpha value is -4.39. The topological polar surface area (TPSA) is 99.4 Å². The molecular formula is C29H30N4O3.